The second kappa shape index (κ2) is 9.78. The number of nitrogens with one attached hydrogen (secondary N) is 2. The maximum Gasteiger partial charge on any atom is 0.234 e. The molecule has 0 aliphatic heterocycles. The van der Waals surface area contributed by atoms with Gasteiger partial charge in [-0.05, 0) is 36.8 Å². The number of thioether (sulfide) groups is 1. The highest BCUT2D eigenvalue weighted by Gasteiger charge is 2.06. The Hall–Kier alpha value is -2.27. The number of unbranched alkanes of at least 4 members (excludes halogenated alkanes) is 1. The van der Waals surface area contributed by atoms with Crippen molar-refractivity contribution >= 4 is 35.0 Å². The van der Waals surface area contributed by atoms with Crippen molar-refractivity contribution in [3.63, 3.8) is 0 Å². The summed E-state index contributed by atoms with van der Waals surface area (Å²) in [7, 11) is 0. The van der Waals surface area contributed by atoms with Gasteiger partial charge in [0.25, 0.3) is 0 Å². The molecular weight excluding hydrogens is 320 g/mol. The van der Waals surface area contributed by atoms with E-state index in [1.165, 1.54) is 11.8 Å². The Kier molecular flexibility index (Phi) is 7.36. The molecule has 0 spiro atoms. The Labute approximate surface area is 147 Å². The summed E-state index contributed by atoms with van der Waals surface area (Å²) in [5, 5.41) is 5.74. The number of para-hydroxylation sites is 1. The number of benzene rings is 2. The molecule has 0 heterocycles. The van der Waals surface area contributed by atoms with Crippen molar-refractivity contribution in [3.05, 3.63) is 54.6 Å². The molecule has 0 aliphatic rings. The summed E-state index contributed by atoms with van der Waals surface area (Å²) in [5.41, 5.74) is 1.56. The van der Waals surface area contributed by atoms with Gasteiger partial charge in [-0.3, -0.25) is 9.59 Å². The minimum absolute atomic E-state index is 0.0285. The number of carbonyl (C=O) groups is 2. The third kappa shape index (κ3) is 6.46. The number of hydrogen-bond acceptors (Lipinski definition) is 3. The second-order valence-electron chi connectivity index (χ2n) is 5.38. The van der Waals surface area contributed by atoms with Crippen molar-refractivity contribution in [2.45, 2.75) is 31.1 Å². The lowest BCUT2D eigenvalue weighted by atomic mass is 10.2. The van der Waals surface area contributed by atoms with Crippen LogP contribution >= 0.6 is 11.8 Å². The highest BCUT2D eigenvalue weighted by atomic mass is 32.2. The number of anilines is 2. The van der Waals surface area contributed by atoms with Crippen LogP contribution in [0, 0.1) is 0 Å². The average molecular weight is 342 g/mol. The standard InChI is InChI=1S/C19H22N2O2S/c1-2-3-12-18(22)21-16-10-7-11-17(13-16)24-14-19(23)20-15-8-5-4-6-9-15/h4-11,13H,2-3,12,14H2,1H3,(H,20,23)(H,21,22). The number of hydrogen-bond donors (Lipinski definition) is 2. The summed E-state index contributed by atoms with van der Waals surface area (Å²) in [6.07, 6.45) is 2.42. The van der Waals surface area contributed by atoms with Crippen LogP contribution in [0.25, 0.3) is 0 Å². The maximum absolute atomic E-state index is 12.0. The van der Waals surface area contributed by atoms with Crippen molar-refractivity contribution in [3.8, 4) is 0 Å². The lowest BCUT2D eigenvalue weighted by molar-refractivity contribution is -0.116. The highest BCUT2D eigenvalue weighted by molar-refractivity contribution is 8.00. The molecular formula is C19H22N2O2S. The average Bonchev–Trinajstić information content (AvgIpc) is 2.59. The minimum Gasteiger partial charge on any atom is -0.326 e. The summed E-state index contributed by atoms with van der Waals surface area (Å²) in [6, 6.07) is 17.0. The Morgan fingerprint density at radius 1 is 0.917 bits per heavy atom. The first-order chi connectivity index (χ1) is 11.7. The number of carbonyl (C=O) groups excluding carboxylic acids is 2. The van der Waals surface area contributed by atoms with Crippen LogP contribution in [-0.4, -0.2) is 17.6 Å². The van der Waals surface area contributed by atoms with Crippen LogP contribution in [0.4, 0.5) is 11.4 Å². The Morgan fingerprint density at radius 2 is 1.62 bits per heavy atom. The van der Waals surface area contributed by atoms with E-state index in [0.29, 0.717) is 12.2 Å². The van der Waals surface area contributed by atoms with Gasteiger partial charge in [0.05, 0.1) is 5.75 Å². The van der Waals surface area contributed by atoms with E-state index in [0.717, 1.165) is 29.1 Å². The Bertz CT molecular complexity index is 674. The molecule has 2 aromatic rings. The van der Waals surface area contributed by atoms with Gasteiger partial charge in [-0.15, -0.1) is 11.8 Å². The van der Waals surface area contributed by atoms with E-state index in [2.05, 4.69) is 17.6 Å². The Balaban J connectivity index is 1.83. The maximum atomic E-state index is 12.0. The summed E-state index contributed by atoms with van der Waals surface area (Å²) in [6.45, 7) is 2.06. The first-order valence-corrected chi connectivity index (χ1v) is 9.03. The van der Waals surface area contributed by atoms with Gasteiger partial charge in [0.1, 0.15) is 0 Å². The molecule has 0 saturated heterocycles. The molecule has 2 amide bonds. The van der Waals surface area contributed by atoms with Gasteiger partial charge in [0.2, 0.25) is 11.8 Å². The minimum atomic E-state index is -0.0522. The summed E-state index contributed by atoms with van der Waals surface area (Å²) >= 11 is 1.44. The first kappa shape index (κ1) is 18.1. The van der Waals surface area contributed by atoms with Crippen molar-refractivity contribution in [2.24, 2.45) is 0 Å². The molecule has 0 atom stereocenters. The van der Waals surface area contributed by atoms with E-state index in [-0.39, 0.29) is 11.8 Å². The zero-order valence-electron chi connectivity index (χ0n) is 13.7. The fraction of sp³-hybridized carbons (Fsp3) is 0.263. The largest absolute Gasteiger partial charge is 0.326 e. The van der Waals surface area contributed by atoms with E-state index in [1.54, 1.807) is 0 Å². The van der Waals surface area contributed by atoms with Gasteiger partial charge >= 0.3 is 0 Å². The monoisotopic (exact) mass is 342 g/mol. The fourth-order valence-corrected chi connectivity index (χ4v) is 2.85. The van der Waals surface area contributed by atoms with Gasteiger partial charge in [-0.2, -0.15) is 0 Å². The van der Waals surface area contributed by atoms with Crippen LogP contribution in [0.15, 0.2) is 59.5 Å². The number of amides is 2. The van der Waals surface area contributed by atoms with Crippen LogP contribution < -0.4 is 10.6 Å². The third-order valence-electron chi connectivity index (χ3n) is 3.30. The molecule has 5 heteroatoms. The Morgan fingerprint density at radius 3 is 2.38 bits per heavy atom. The van der Waals surface area contributed by atoms with Crippen LogP contribution in [0.5, 0.6) is 0 Å². The predicted octanol–water partition coefficient (Wildman–Crippen LogP) is 4.55. The molecule has 126 valence electrons. The molecule has 0 radical (unpaired) electrons. The molecule has 0 aromatic heterocycles. The molecule has 0 aliphatic carbocycles. The molecule has 0 saturated carbocycles. The zero-order chi connectivity index (χ0) is 17.2. The fourth-order valence-electron chi connectivity index (χ4n) is 2.09. The normalized spacial score (nSPS) is 10.2. The van der Waals surface area contributed by atoms with Gasteiger partial charge in [0, 0.05) is 22.7 Å². The molecule has 4 nitrogen and oxygen atoms in total. The second-order valence-corrected chi connectivity index (χ2v) is 6.43. The van der Waals surface area contributed by atoms with E-state index >= 15 is 0 Å². The molecule has 0 fully saturated rings. The van der Waals surface area contributed by atoms with Crippen molar-refractivity contribution < 1.29 is 9.59 Å². The summed E-state index contributed by atoms with van der Waals surface area (Å²) in [5.74, 6) is 0.298. The van der Waals surface area contributed by atoms with E-state index in [9.17, 15) is 9.59 Å². The zero-order valence-corrected chi connectivity index (χ0v) is 14.6. The predicted molar refractivity (Wildman–Crippen MR) is 100 cm³/mol. The van der Waals surface area contributed by atoms with Crippen LogP contribution in [-0.2, 0) is 9.59 Å². The molecule has 0 unspecified atom stereocenters. The molecule has 2 aromatic carbocycles. The SMILES string of the molecule is CCCCC(=O)Nc1cccc(SCC(=O)Nc2ccccc2)c1. The van der Waals surface area contributed by atoms with Gasteiger partial charge < -0.3 is 10.6 Å². The molecule has 24 heavy (non-hydrogen) atoms. The van der Waals surface area contributed by atoms with E-state index in [1.807, 2.05) is 54.6 Å². The lowest BCUT2D eigenvalue weighted by Gasteiger charge is -2.08. The topological polar surface area (TPSA) is 58.2 Å². The quantitative estimate of drug-likeness (QED) is 0.692. The van der Waals surface area contributed by atoms with E-state index in [4.69, 9.17) is 0 Å². The smallest absolute Gasteiger partial charge is 0.234 e. The van der Waals surface area contributed by atoms with Crippen LogP contribution in [0.2, 0.25) is 0 Å². The number of rotatable bonds is 8. The first-order valence-electron chi connectivity index (χ1n) is 8.05. The van der Waals surface area contributed by atoms with Gasteiger partial charge in [0.15, 0.2) is 0 Å². The van der Waals surface area contributed by atoms with Crippen LogP contribution in [0.1, 0.15) is 26.2 Å². The van der Waals surface area contributed by atoms with Crippen molar-refractivity contribution in [2.75, 3.05) is 16.4 Å². The highest BCUT2D eigenvalue weighted by Crippen LogP contribution is 2.22. The summed E-state index contributed by atoms with van der Waals surface area (Å²) < 4.78 is 0. The molecule has 2 rings (SSSR count). The van der Waals surface area contributed by atoms with Gasteiger partial charge in [-0.25, -0.2) is 0 Å². The van der Waals surface area contributed by atoms with Crippen molar-refractivity contribution in [1.82, 2.24) is 0 Å². The molecule has 0 bridgehead atoms. The molecule has 2 N–H and O–H groups in total. The van der Waals surface area contributed by atoms with Crippen LogP contribution in [0.3, 0.4) is 0 Å². The van der Waals surface area contributed by atoms with E-state index < -0.39 is 0 Å². The van der Waals surface area contributed by atoms with Gasteiger partial charge in [-0.1, -0.05) is 37.6 Å². The summed E-state index contributed by atoms with van der Waals surface area (Å²) in [4.78, 5) is 24.7. The van der Waals surface area contributed by atoms with Crippen molar-refractivity contribution in [1.29, 1.82) is 0 Å². The lowest BCUT2D eigenvalue weighted by Crippen LogP contribution is -2.14. The third-order valence-corrected chi connectivity index (χ3v) is 4.30.